The minimum Gasteiger partial charge on any atom is -0.348 e. The van der Waals surface area contributed by atoms with Crippen molar-refractivity contribution in [2.24, 2.45) is 0 Å². The van der Waals surface area contributed by atoms with E-state index in [2.05, 4.69) is 10.6 Å². The average molecular weight is 408 g/mol. The highest BCUT2D eigenvalue weighted by molar-refractivity contribution is 8.00. The largest absolute Gasteiger partial charge is 0.348 e. The number of likely N-dealkylation sites (tertiary alicyclic amines) is 1. The molecule has 8 nitrogen and oxygen atoms in total. The lowest BCUT2D eigenvalue weighted by Crippen LogP contribution is -3.00. The summed E-state index contributed by atoms with van der Waals surface area (Å²) in [6, 6.07) is 5.97. The molecule has 2 amide bonds. The van der Waals surface area contributed by atoms with Gasteiger partial charge in [-0.1, -0.05) is 24.8 Å². The number of nitro benzene ring substituents is 1. The first-order valence-electron chi connectivity index (χ1n) is 9.67. The molecule has 0 saturated carbocycles. The van der Waals surface area contributed by atoms with Crippen LogP contribution in [0.15, 0.2) is 24.3 Å². The van der Waals surface area contributed by atoms with E-state index in [9.17, 15) is 19.7 Å². The van der Waals surface area contributed by atoms with Crippen molar-refractivity contribution >= 4 is 29.3 Å². The van der Waals surface area contributed by atoms with E-state index >= 15 is 0 Å². The lowest BCUT2D eigenvalue weighted by Gasteiger charge is -2.36. The number of hydrogen-bond acceptors (Lipinski definition) is 5. The second-order valence-corrected chi connectivity index (χ2v) is 9.00. The number of carbonyl (C=O) groups excluding carboxylic acids is 2. The number of hydrogen-bond donors (Lipinski definition) is 2. The van der Waals surface area contributed by atoms with Crippen molar-refractivity contribution in [1.82, 2.24) is 10.2 Å². The predicted octanol–water partition coefficient (Wildman–Crippen LogP) is 1.12. The van der Waals surface area contributed by atoms with Gasteiger partial charge in [-0.25, -0.2) is 0 Å². The first kappa shape index (κ1) is 20.6. The fraction of sp³-hybridized carbons (Fsp3) is 0.579. The number of piperidine rings is 1. The lowest BCUT2D eigenvalue weighted by atomic mass is 10.0. The zero-order chi connectivity index (χ0) is 20.3. The molecular formula is C19H27N4O4S+. The van der Waals surface area contributed by atoms with E-state index in [4.69, 9.17) is 0 Å². The molecule has 9 heteroatoms. The molecule has 0 aliphatic carbocycles. The molecule has 0 unspecified atom stereocenters. The van der Waals surface area contributed by atoms with Gasteiger partial charge in [-0.05, 0) is 19.4 Å². The van der Waals surface area contributed by atoms with Gasteiger partial charge in [-0.3, -0.25) is 19.7 Å². The third-order valence-electron chi connectivity index (χ3n) is 5.59. The minimum atomic E-state index is -0.489. The van der Waals surface area contributed by atoms with E-state index < -0.39 is 4.92 Å². The zero-order valence-electron chi connectivity index (χ0n) is 16.2. The number of amides is 2. The quantitative estimate of drug-likeness (QED) is 0.562. The molecule has 2 saturated heterocycles. The molecular weight excluding hydrogens is 380 g/mol. The van der Waals surface area contributed by atoms with Crippen LogP contribution >= 0.6 is 11.8 Å². The van der Waals surface area contributed by atoms with Crippen LogP contribution in [0.2, 0.25) is 0 Å². The number of carbonyl (C=O) groups is 2. The van der Waals surface area contributed by atoms with Gasteiger partial charge in [0.05, 0.1) is 10.7 Å². The van der Waals surface area contributed by atoms with Crippen molar-refractivity contribution in [1.29, 1.82) is 0 Å². The van der Waals surface area contributed by atoms with Gasteiger partial charge in [0.25, 0.3) is 17.5 Å². The standard InChI is InChI=1S/C19H26N4O4S/c1-3-13(2)20-17(24)16-12-28-19(21-16)7-9-22(10-8-19)18(25)14-5-4-6-15(11-14)23(26)27/h4-6,11,13,16,21H,3,7-10,12H2,1-2H3,(H,20,24)/p+1/t13-,16+/m1/s1. The first-order valence-corrected chi connectivity index (χ1v) is 10.7. The number of nitrogens with two attached hydrogens (primary N) is 1. The molecule has 28 heavy (non-hydrogen) atoms. The molecule has 2 aliphatic heterocycles. The van der Waals surface area contributed by atoms with Crippen LogP contribution < -0.4 is 10.6 Å². The third kappa shape index (κ3) is 4.47. The Morgan fingerprint density at radius 2 is 2.14 bits per heavy atom. The van der Waals surface area contributed by atoms with Gasteiger partial charge in [0.1, 0.15) is 4.87 Å². The summed E-state index contributed by atoms with van der Waals surface area (Å²) in [6.07, 6.45) is 2.50. The Bertz CT molecular complexity index is 764. The molecule has 1 aromatic rings. The number of quaternary nitrogens is 1. The number of nitro groups is 1. The van der Waals surface area contributed by atoms with Crippen LogP contribution in [0.5, 0.6) is 0 Å². The number of benzene rings is 1. The second-order valence-electron chi connectivity index (χ2n) is 7.57. The Kier molecular flexibility index (Phi) is 6.24. The summed E-state index contributed by atoms with van der Waals surface area (Å²) in [5, 5.41) is 16.2. The maximum Gasteiger partial charge on any atom is 0.279 e. The van der Waals surface area contributed by atoms with Gasteiger partial charge in [0.2, 0.25) is 0 Å². The maximum absolute atomic E-state index is 12.7. The molecule has 1 aromatic carbocycles. The first-order chi connectivity index (χ1) is 13.3. The molecule has 152 valence electrons. The van der Waals surface area contributed by atoms with Crippen molar-refractivity contribution in [3.8, 4) is 0 Å². The number of rotatable bonds is 5. The van der Waals surface area contributed by atoms with Crippen molar-refractivity contribution in [3.05, 3.63) is 39.9 Å². The van der Waals surface area contributed by atoms with E-state index in [1.165, 1.54) is 18.2 Å². The fourth-order valence-electron chi connectivity index (χ4n) is 3.66. The summed E-state index contributed by atoms with van der Waals surface area (Å²) >= 11 is 1.81. The fourth-order valence-corrected chi connectivity index (χ4v) is 5.15. The van der Waals surface area contributed by atoms with Crippen LogP contribution in [0.3, 0.4) is 0 Å². The summed E-state index contributed by atoms with van der Waals surface area (Å²) in [5.74, 6) is 0.697. The van der Waals surface area contributed by atoms with Crippen LogP contribution in [-0.4, -0.2) is 57.4 Å². The topological polar surface area (TPSA) is 109 Å². The SMILES string of the molecule is CC[C@@H](C)NC(=O)[C@@H]1CSC2(CCN(C(=O)c3cccc([N+](=O)[O-])c3)CC2)[NH2+]1. The molecule has 0 bridgehead atoms. The third-order valence-corrected chi connectivity index (χ3v) is 7.24. The minimum absolute atomic E-state index is 0.0586. The van der Waals surface area contributed by atoms with Crippen LogP contribution in [0, 0.1) is 10.1 Å². The number of nitrogens with zero attached hydrogens (tertiary/aromatic N) is 2. The monoisotopic (exact) mass is 407 g/mol. The van der Waals surface area contributed by atoms with Crippen molar-refractivity contribution in [3.63, 3.8) is 0 Å². The predicted molar refractivity (Wildman–Crippen MR) is 107 cm³/mol. The summed E-state index contributed by atoms with van der Waals surface area (Å²) in [5.41, 5.74) is 0.271. The molecule has 3 rings (SSSR count). The number of non-ortho nitro benzene ring substituents is 1. The van der Waals surface area contributed by atoms with E-state index in [1.54, 1.807) is 11.0 Å². The molecule has 2 atom stereocenters. The van der Waals surface area contributed by atoms with Crippen LogP contribution in [0.1, 0.15) is 43.5 Å². The number of thioether (sulfide) groups is 1. The molecule has 1 spiro atoms. The zero-order valence-corrected chi connectivity index (χ0v) is 17.0. The molecule has 2 aliphatic rings. The van der Waals surface area contributed by atoms with Crippen LogP contribution in [0.4, 0.5) is 5.69 Å². The summed E-state index contributed by atoms with van der Waals surface area (Å²) in [4.78, 5) is 37.3. The Morgan fingerprint density at radius 1 is 1.43 bits per heavy atom. The molecule has 2 heterocycles. The van der Waals surface area contributed by atoms with Crippen molar-refractivity contribution in [2.45, 2.75) is 50.1 Å². The normalized spacial score (nSPS) is 22.1. The van der Waals surface area contributed by atoms with E-state index in [-0.39, 0.29) is 34.5 Å². The summed E-state index contributed by atoms with van der Waals surface area (Å²) in [7, 11) is 0. The number of nitrogens with one attached hydrogen (secondary N) is 1. The van der Waals surface area contributed by atoms with Gasteiger partial charge in [-0.2, -0.15) is 0 Å². The summed E-state index contributed by atoms with van der Waals surface area (Å²) in [6.45, 7) is 5.23. The van der Waals surface area contributed by atoms with E-state index in [1.807, 2.05) is 25.6 Å². The van der Waals surface area contributed by atoms with E-state index in [0.29, 0.717) is 18.7 Å². The van der Waals surface area contributed by atoms with Crippen molar-refractivity contribution < 1.29 is 19.8 Å². The van der Waals surface area contributed by atoms with Gasteiger partial charge >= 0.3 is 0 Å². The van der Waals surface area contributed by atoms with E-state index in [0.717, 1.165) is 25.0 Å². The lowest BCUT2D eigenvalue weighted by molar-refractivity contribution is -0.714. The average Bonchev–Trinajstić information content (AvgIpc) is 3.11. The Hall–Kier alpha value is -2.13. The molecule has 0 aromatic heterocycles. The maximum atomic E-state index is 12.7. The van der Waals surface area contributed by atoms with Crippen LogP contribution in [-0.2, 0) is 4.79 Å². The summed E-state index contributed by atoms with van der Waals surface area (Å²) < 4.78 is 0. The molecule has 2 fully saturated rings. The highest BCUT2D eigenvalue weighted by Crippen LogP contribution is 2.34. The highest BCUT2D eigenvalue weighted by Gasteiger charge is 2.48. The van der Waals surface area contributed by atoms with Gasteiger partial charge in [-0.15, -0.1) is 0 Å². The Morgan fingerprint density at radius 3 is 2.79 bits per heavy atom. The van der Waals surface area contributed by atoms with Gasteiger partial charge in [0.15, 0.2) is 6.04 Å². The molecule has 3 N–H and O–H groups in total. The Balaban J connectivity index is 1.57. The second kappa shape index (κ2) is 8.48. The Labute approximate surface area is 168 Å². The van der Waals surface area contributed by atoms with Crippen molar-refractivity contribution in [2.75, 3.05) is 18.8 Å². The molecule has 0 radical (unpaired) electrons. The highest BCUT2D eigenvalue weighted by atomic mass is 32.2. The smallest absolute Gasteiger partial charge is 0.279 e. The van der Waals surface area contributed by atoms with Gasteiger partial charge < -0.3 is 15.5 Å². The van der Waals surface area contributed by atoms with Crippen LogP contribution in [0.25, 0.3) is 0 Å². The van der Waals surface area contributed by atoms with Gasteiger partial charge in [0, 0.05) is 49.7 Å².